The highest BCUT2D eigenvalue weighted by Crippen LogP contribution is 2.23. The Morgan fingerprint density at radius 3 is 2.84 bits per heavy atom. The number of methoxy groups -OCH3 is 2. The second-order valence-electron chi connectivity index (χ2n) is 5.29. The highest BCUT2D eigenvalue weighted by atomic mass is 16.5. The molecule has 0 spiro atoms. The van der Waals surface area contributed by atoms with E-state index < -0.39 is 5.97 Å². The molecule has 3 rings (SSSR count). The van der Waals surface area contributed by atoms with Crippen LogP contribution in [-0.4, -0.2) is 35.9 Å². The quantitative estimate of drug-likeness (QED) is 0.549. The number of rotatable bonds is 6. The van der Waals surface area contributed by atoms with Crippen molar-refractivity contribution in [2.75, 3.05) is 19.5 Å². The van der Waals surface area contributed by atoms with Gasteiger partial charge in [0.25, 0.3) is 0 Å². The molecule has 0 fully saturated rings. The van der Waals surface area contributed by atoms with Gasteiger partial charge in [-0.25, -0.2) is 9.78 Å². The van der Waals surface area contributed by atoms with E-state index in [1.54, 1.807) is 42.1 Å². The summed E-state index contributed by atoms with van der Waals surface area (Å²) in [5.41, 5.74) is 3.02. The van der Waals surface area contributed by atoms with Crippen molar-refractivity contribution in [2.24, 2.45) is 0 Å². The zero-order chi connectivity index (χ0) is 17.8. The third-order valence-electron chi connectivity index (χ3n) is 3.86. The van der Waals surface area contributed by atoms with Gasteiger partial charge in [0.2, 0.25) is 0 Å². The van der Waals surface area contributed by atoms with Gasteiger partial charge in [0.05, 0.1) is 19.9 Å². The van der Waals surface area contributed by atoms with Gasteiger partial charge >= 0.3 is 5.97 Å². The molecule has 1 aromatic carbocycles. The average Bonchev–Trinajstić information content (AvgIpc) is 3.13. The van der Waals surface area contributed by atoms with E-state index in [1.807, 2.05) is 12.1 Å². The van der Waals surface area contributed by atoms with E-state index in [1.165, 1.54) is 7.11 Å². The number of nitrogens with zero attached hydrogens (tertiary/aromatic N) is 2. The first-order valence-electron chi connectivity index (χ1n) is 7.58. The van der Waals surface area contributed by atoms with Crippen LogP contribution in [0.5, 0.6) is 5.75 Å². The van der Waals surface area contributed by atoms with E-state index in [2.05, 4.69) is 10.3 Å². The lowest BCUT2D eigenvalue weighted by Gasteiger charge is -2.14. The number of anilines is 1. The van der Waals surface area contributed by atoms with Gasteiger partial charge in [-0.05, 0) is 18.2 Å². The van der Waals surface area contributed by atoms with E-state index in [0.29, 0.717) is 34.9 Å². The minimum atomic E-state index is -0.464. The zero-order valence-corrected chi connectivity index (χ0v) is 13.9. The second-order valence-corrected chi connectivity index (χ2v) is 5.29. The van der Waals surface area contributed by atoms with Crippen LogP contribution in [0.1, 0.15) is 26.4 Å². The fraction of sp³-hybridized carbons (Fsp3) is 0.167. The van der Waals surface area contributed by atoms with E-state index in [0.717, 1.165) is 11.8 Å². The largest absolute Gasteiger partial charge is 0.496 e. The lowest BCUT2D eigenvalue weighted by Crippen LogP contribution is -2.13. The van der Waals surface area contributed by atoms with E-state index in [9.17, 15) is 9.59 Å². The van der Waals surface area contributed by atoms with Crippen LogP contribution in [0.15, 0.2) is 42.7 Å². The summed E-state index contributed by atoms with van der Waals surface area (Å²) in [6.45, 7) is 0.409. The van der Waals surface area contributed by atoms with Crippen molar-refractivity contribution in [2.45, 2.75) is 6.54 Å². The number of aldehydes is 1. The number of esters is 1. The van der Waals surface area contributed by atoms with Crippen molar-refractivity contribution >= 4 is 23.6 Å². The molecule has 2 aromatic heterocycles. The van der Waals surface area contributed by atoms with Gasteiger partial charge in [0.1, 0.15) is 17.7 Å². The molecule has 1 N–H and O–H groups in total. The Hall–Kier alpha value is -3.35. The zero-order valence-electron chi connectivity index (χ0n) is 13.9. The van der Waals surface area contributed by atoms with Gasteiger partial charge in [-0.15, -0.1) is 0 Å². The molecule has 0 saturated carbocycles. The average molecular weight is 339 g/mol. The molecule has 7 nitrogen and oxygen atoms in total. The van der Waals surface area contributed by atoms with Crippen LogP contribution in [0.2, 0.25) is 0 Å². The second kappa shape index (κ2) is 7.04. The summed E-state index contributed by atoms with van der Waals surface area (Å²) < 4.78 is 11.9. The fourth-order valence-corrected chi connectivity index (χ4v) is 2.61. The Kier molecular flexibility index (Phi) is 4.65. The normalized spacial score (nSPS) is 10.5. The molecule has 2 heterocycles. The predicted octanol–water partition coefficient (Wildman–Crippen LogP) is 2.55. The summed E-state index contributed by atoms with van der Waals surface area (Å²) in [5, 5.41) is 3.22. The molecular weight excluding hydrogens is 322 g/mol. The van der Waals surface area contributed by atoms with Gasteiger partial charge in [-0.3, -0.25) is 9.20 Å². The number of nitrogens with one attached hydrogen (secondary N) is 1. The third kappa shape index (κ3) is 3.16. The van der Waals surface area contributed by atoms with Crippen LogP contribution >= 0.6 is 0 Å². The molecule has 3 aromatic rings. The van der Waals surface area contributed by atoms with Crippen molar-refractivity contribution < 1.29 is 19.1 Å². The van der Waals surface area contributed by atoms with Crippen LogP contribution in [0.3, 0.4) is 0 Å². The summed E-state index contributed by atoms with van der Waals surface area (Å²) in [5.74, 6) is 0.134. The summed E-state index contributed by atoms with van der Waals surface area (Å²) >= 11 is 0. The first-order chi connectivity index (χ1) is 12.2. The fourth-order valence-electron chi connectivity index (χ4n) is 2.61. The highest BCUT2D eigenvalue weighted by Gasteiger charge is 2.17. The Labute approximate surface area is 144 Å². The SMILES string of the molecule is COC(=O)c1c(NCc2ccc(C=O)cc2OC)ccc2nccn12. The Bertz CT molecular complexity index is 933. The molecule has 128 valence electrons. The van der Waals surface area contributed by atoms with Crippen molar-refractivity contribution in [1.82, 2.24) is 9.38 Å². The molecule has 0 radical (unpaired) electrons. The number of ether oxygens (including phenoxy) is 2. The minimum Gasteiger partial charge on any atom is -0.496 e. The molecule has 0 amide bonds. The number of pyridine rings is 1. The summed E-state index contributed by atoms with van der Waals surface area (Å²) in [4.78, 5) is 27.3. The number of carbonyl (C=O) groups is 2. The van der Waals surface area contributed by atoms with E-state index in [-0.39, 0.29) is 0 Å². The number of imidazole rings is 1. The molecule has 7 heteroatoms. The third-order valence-corrected chi connectivity index (χ3v) is 3.86. The lowest BCUT2D eigenvalue weighted by molar-refractivity contribution is 0.0593. The lowest BCUT2D eigenvalue weighted by atomic mass is 10.1. The van der Waals surface area contributed by atoms with Crippen LogP contribution in [0.25, 0.3) is 5.65 Å². The number of benzene rings is 1. The molecule has 0 saturated heterocycles. The van der Waals surface area contributed by atoms with Gasteiger partial charge in [-0.2, -0.15) is 0 Å². The molecule has 0 unspecified atom stereocenters. The van der Waals surface area contributed by atoms with Crippen molar-refractivity contribution in [3.05, 3.63) is 59.5 Å². The van der Waals surface area contributed by atoms with Crippen LogP contribution < -0.4 is 10.1 Å². The van der Waals surface area contributed by atoms with Crippen LogP contribution in [-0.2, 0) is 11.3 Å². The first-order valence-corrected chi connectivity index (χ1v) is 7.58. The Morgan fingerprint density at radius 1 is 1.28 bits per heavy atom. The molecule has 25 heavy (non-hydrogen) atoms. The predicted molar refractivity (Wildman–Crippen MR) is 92.2 cm³/mol. The summed E-state index contributed by atoms with van der Waals surface area (Å²) in [6, 6.07) is 8.78. The van der Waals surface area contributed by atoms with Gasteiger partial charge in [0.15, 0.2) is 5.69 Å². The van der Waals surface area contributed by atoms with E-state index in [4.69, 9.17) is 9.47 Å². The van der Waals surface area contributed by atoms with Gasteiger partial charge < -0.3 is 14.8 Å². The van der Waals surface area contributed by atoms with Crippen molar-refractivity contribution in [3.63, 3.8) is 0 Å². The summed E-state index contributed by atoms with van der Waals surface area (Å²) in [6.07, 6.45) is 4.08. The maximum absolute atomic E-state index is 12.2. The minimum absolute atomic E-state index is 0.362. The van der Waals surface area contributed by atoms with Crippen LogP contribution in [0, 0.1) is 0 Å². The van der Waals surface area contributed by atoms with Gasteiger partial charge in [0, 0.05) is 30.1 Å². The highest BCUT2D eigenvalue weighted by molar-refractivity contribution is 5.94. The summed E-state index contributed by atoms with van der Waals surface area (Å²) in [7, 11) is 2.88. The number of hydrogen-bond acceptors (Lipinski definition) is 6. The number of hydrogen-bond donors (Lipinski definition) is 1. The molecule has 0 aliphatic rings. The smallest absolute Gasteiger partial charge is 0.357 e. The number of fused-ring (bicyclic) bond motifs is 1. The molecule has 0 aliphatic carbocycles. The Morgan fingerprint density at radius 2 is 2.12 bits per heavy atom. The van der Waals surface area contributed by atoms with E-state index >= 15 is 0 Å². The molecule has 0 bridgehead atoms. The van der Waals surface area contributed by atoms with Crippen molar-refractivity contribution in [3.8, 4) is 5.75 Å². The monoisotopic (exact) mass is 339 g/mol. The first kappa shape index (κ1) is 16.5. The Balaban J connectivity index is 1.93. The molecule has 0 atom stereocenters. The number of carbonyl (C=O) groups excluding carboxylic acids is 2. The maximum Gasteiger partial charge on any atom is 0.357 e. The topological polar surface area (TPSA) is 81.9 Å². The standard InChI is InChI=1S/C18H17N3O4/c1-24-15-9-12(11-22)3-4-13(15)10-20-14-5-6-16-19-7-8-21(16)17(14)18(23)25-2/h3-9,11,20H,10H2,1-2H3. The number of aromatic nitrogens is 2. The van der Waals surface area contributed by atoms with Gasteiger partial charge in [-0.1, -0.05) is 12.1 Å². The van der Waals surface area contributed by atoms with Crippen molar-refractivity contribution in [1.29, 1.82) is 0 Å². The molecular formula is C18H17N3O4. The maximum atomic E-state index is 12.2. The van der Waals surface area contributed by atoms with Crippen LogP contribution in [0.4, 0.5) is 5.69 Å². The molecule has 0 aliphatic heterocycles.